The molecule has 0 amide bonds. The maximum Gasteiger partial charge on any atom is 0.313 e. The van der Waals surface area contributed by atoms with Crippen LogP contribution in [0.2, 0.25) is 0 Å². The van der Waals surface area contributed by atoms with E-state index in [4.69, 9.17) is 10.4 Å². The van der Waals surface area contributed by atoms with Gasteiger partial charge in [0.25, 0.3) is 0 Å². The quantitative estimate of drug-likeness (QED) is 0.847. The summed E-state index contributed by atoms with van der Waals surface area (Å²) in [5, 5.41) is 20.1. The standard InChI is InChI=1S/C12H12N4O2S/c1-15(2)16-10-5-8(6-13)3-4-9(10)14-12(16)19-7-11(17)18/h3-5H,7H2,1-2H3,(H,17,18). The summed E-state index contributed by atoms with van der Waals surface area (Å²) in [4.78, 5) is 15.0. The smallest absolute Gasteiger partial charge is 0.313 e. The van der Waals surface area contributed by atoms with Crippen molar-refractivity contribution in [3.05, 3.63) is 23.8 Å². The Morgan fingerprint density at radius 2 is 2.32 bits per heavy atom. The van der Waals surface area contributed by atoms with Gasteiger partial charge >= 0.3 is 5.97 Å². The number of nitrogens with zero attached hydrogens (tertiary/aromatic N) is 4. The van der Waals surface area contributed by atoms with Crippen LogP contribution in [0.3, 0.4) is 0 Å². The molecule has 2 rings (SSSR count). The van der Waals surface area contributed by atoms with E-state index < -0.39 is 5.97 Å². The monoisotopic (exact) mass is 276 g/mol. The van der Waals surface area contributed by atoms with Gasteiger partial charge in [-0.05, 0) is 18.2 Å². The van der Waals surface area contributed by atoms with Crippen molar-refractivity contribution in [1.82, 2.24) is 9.66 Å². The fourth-order valence-corrected chi connectivity index (χ4v) is 2.52. The molecule has 1 aromatic carbocycles. The third-order valence-electron chi connectivity index (χ3n) is 2.45. The summed E-state index contributed by atoms with van der Waals surface area (Å²) in [7, 11) is 3.68. The van der Waals surface area contributed by atoms with Gasteiger partial charge in [0.15, 0.2) is 5.16 Å². The van der Waals surface area contributed by atoms with Gasteiger partial charge < -0.3 is 10.1 Å². The van der Waals surface area contributed by atoms with Crippen LogP contribution in [0.15, 0.2) is 23.4 Å². The van der Waals surface area contributed by atoms with Gasteiger partial charge in [0.2, 0.25) is 0 Å². The van der Waals surface area contributed by atoms with Crippen LogP contribution >= 0.6 is 11.8 Å². The number of rotatable bonds is 4. The Kier molecular flexibility index (Phi) is 3.62. The van der Waals surface area contributed by atoms with E-state index in [2.05, 4.69) is 11.1 Å². The zero-order valence-electron chi connectivity index (χ0n) is 10.5. The average molecular weight is 276 g/mol. The lowest BCUT2D eigenvalue weighted by atomic mass is 10.2. The molecule has 98 valence electrons. The highest BCUT2D eigenvalue weighted by atomic mass is 32.2. The predicted octanol–water partition coefficient (Wildman–Crippen LogP) is 1.28. The lowest BCUT2D eigenvalue weighted by molar-refractivity contribution is -0.133. The van der Waals surface area contributed by atoms with E-state index in [9.17, 15) is 4.79 Å². The van der Waals surface area contributed by atoms with Crippen molar-refractivity contribution < 1.29 is 9.90 Å². The molecule has 6 nitrogen and oxygen atoms in total. The van der Waals surface area contributed by atoms with Crippen molar-refractivity contribution in [3.8, 4) is 6.07 Å². The minimum absolute atomic E-state index is 0.0533. The van der Waals surface area contributed by atoms with E-state index in [1.807, 2.05) is 14.1 Å². The number of carboxylic acid groups (broad SMARTS) is 1. The first-order valence-corrected chi connectivity index (χ1v) is 6.46. The summed E-state index contributed by atoms with van der Waals surface area (Å²) in [6.07, 6.45) is 0. The third kappa shape index (κ3) is 2.63. The molecule has 7 heteroatoms. The van der Waals surface area contributed by atoms with Crippen LogP contribution in [0.25, 0.3) is 11.0 Å². The largest absolute Gasteiger partial charge is 0.481 e. The number of carboxylic acids is 1. The molecule has 19 heavy (non-hydrogen) atoms. The summed E-state index contributed by atoms with van der Waals surface area (Å²) in [5.74, 6) is -0.942. The number of imidazole rings is 1. The molecular formula is C12H12N4O2S. The van der Waals surface area contributed by atoms with Gasteiger partial charge in [-0.25, -0.2) is 9.66 Å². The molecule has 0 aliphatic carbocycles. The molecule has 0 unspecified atom stereocenters. The van der Waals surface area contributed by atoms with E-state index >= 15 is 0 Å². The molecule has 0 atom stereocenters. The Bertz CT molecular complexity index is 672. The Labute approximate surface area is 114 Å². The van der Waals surface area contributed by atoms with Crippen LogP contribution in [0.4, 0.5) is 0 Å². The number of fused-ring (bicyclic) bond motifs is 1. The number of aromatic nitrogens is 2. The van der Waals surface area contributed by atoms with Crippen LogP contribution in [0.5, 0.6) is 0 Å². The van der Waals surface area contributed by atoms with E-state index in [1.54, 1.807) is 27.9 Å². The normalized spacial score (nSPS) is 10.4. The van der Waals surface area contributed by atoms with Crippen molar-refractivity contribution in [2.75, 3.05) is 24.9 Å². The fraction of sp³-hybridized carbons (Fsp3) is 0.250. The number of nitriles is 1. The Hall–Kier alpha value is -2.20. The van der Waals surface area contributed by atoms with Crippen molar-refractivity contribution >= 4 is 28.8 Å². The second kappa shape index (κ2) is 5.20. The highest BCUT2D eigenvalue weighted by Gasteiger charge is 2.14. The first-order chi connectivity index (χ1) is 9.02. The molecule has 2 aromatic rings. The molecule has 0 saturated carbocycles. The molecule has 0 aliphatic rings. The van der Waals surface area contributed by atoms with E-state index in [-0.39, 0.29) is 5.75 Å². The highest BCUT2D eigenvalue weighted by Crippen LogP contribution is 2.24. The number of aliphatic carboxylic acids is 1. The number of hydrogen-bond donors (Lipinski definition) is 1. The first-order valence-electron chi connectivity index (χ1n) is 5.47. The molecule has 1 heterocycles. The molecule has 0 saturated heterocycles. The Morgan fingerprint density at radius 3 is 2.89 bits per heavy atom. The Morgan fingerprint density at radius 1 is 1.58 bits per heavy atom. The van der Waals surface area contributed by atoms with Gasteiger partial charge in [-0.3, -0.25) is 4.79 Å². The molecule has 1 aromatic heterocycles. The lowest BCUT2D eigenvalue weighted by Gasteiger charge is -2.17. The molecule has 0 fully saturated rings. The van der Waals surface area contributed by atoms with E-state index in [0.717, 1.165) is 22.8 Å². The third-order valence-corrected chi connectivity index (χ3v) is 3.37. The molecular weight excluding hydrogens is 264 g/mol. The van der Waals surface area contributed by atoms with Gasteiger partial charge in [-0.1, -0.05) is 11.8 Å². The van der Waals surface area contributed by atoms with E-state index in [1.165, 1.54) is 0 Å². The molecule has 0 aliphatic heterocycles. The summed E-state index contributed by atoms with van der Waals surface area (Å²) in [5.41, 5.74) is 2.07. The zero-order valence-corrected chi connectivity index (χ0v) is 11.3. The molecule has 0 spiro atoms. The maximum absolute atomic E-state index is 10.7. The van der Waals surface area contributed by atoms with E-state index in [0.29, 0.717) is 10.7 Å². The second-order valence-corrected chi connectivity index (χ2v) is 4.99. The van der Waals surface area contributed by atoms with Gasteiger partial charge in [0.1, 0.15) is 0 Å². The summed E-state index contributed by atoms with van der Waals surface area (Å²) >= 11 is 1.15. The van der Waals surface area contributed by atoms with Crippen LogP contribution in [0.1, 0.15) is 5.56 Å². The molecule has 0 radical (unpaired) electrons. The fourth-order valence-electron chi connectivity index (χ4n) is 1.72. The average Bonchev–Trinajstić information content (AvgIpc) is 2.73. The zero-order chi connectivity index (χ0) is 14.0. The van der Waals surface area contributed by atoms with Gasteiger partial charge in [0, 0.05) is 14.1 Å². The summed E-state index contributed by atoms with van der Waals surface area (Å²) < 4.78 is 1.80. The number of thioether (sulfide) groups is 1. The highest BCUT2D eigenvalue weighted by molar-refractivity contribution is 7.99. The van der Waals surface area contributed by atoms with Crippen molar-refractivity contribution in [3.63, 3.8) is 0 Å². The minimum Gasteiger partial charge on any atom is -0.481 e. The van der Waals surface area contributed by atoms with Crippen LogP contribution in [-0.2, 0) is 4.79 Å². The molecule has 1 N–H and O–H groups in total. The van der Waals surface area contributed by atoms with Crippen LogP contribution < -0.4 is 5.01 Å². The Balaban J connectivity index is 2.54. The maximum atomic E-state index is 10.7. The second-order valence-electron chi connectivity index (χ2n) is 4.05. The summed E-state index contributed by atoms with van der Waals surface area (Å²) in [6.45, 7) is 0. The van der Waals surface area contributed by atoms with Crippen LogP contribution in [0, 0.1) is 11.3 Å². The lowest BCUT2D eigenvalue weighted by Crippen LogP contribution is -2.25. The summed E-state index contributed by atoms with van der Waals surface area (Å²) in [6, 6.07) is 7.29. The van der Waals surface area contributed by atoms with Crippen molar-refractivity contribution in [2.45, 2.75) is 5.16 Å². The predicted molar refractivity (Wildman–Crippen MR) is 72.9 cm³/mol. The van der Waals surface area contributed by atoms with Crippen molar-refractivity contribution in [2.24, 2.45) is 0 Å². The topological polar surface area (TPSA) is 82.2 Å². The van der Waals surface area contributed by atoms with Gasteiger partial charge in [0.05, 0.1) is 28.4 Å². The molecule has 0 bridgehead atoms. The van der Waals surface area contributed by atoms with Gasteiger partial charge in [-0.2, -0.15) is 5.26 Å². The van der Waals surface area contributed by atoms with Crippen LogP contribution in [-0.4, -0.2) is 40.6 Å². The van der Waals surface area contributed by atoms with Crippen molar-refractivity contribution in [1.29, 1.82) is 5.26 Å². The first kappa shape index (κ1) is 13.2. The minimum atomic E-state index is -0.889. The number of benzene rings is 1. The SMILES string of the molecule is CN(C)n1c(SCC(=O)O)nc2ccc(C#N)cc21. The number of carbonyl (C=O) groups is 1. The number of hydrogen-bond acceptors (Lipinski definition) is 5. The van der Waals surface area contributed by atoms with Gasteiger partial charge in [-0.15, -0.1) is 0 Å².